The van der Waals surface area contributed by atoms with E-state index in [1.807, 2.05) is 13.8 Å². The van der Waals surface area contributed by atoms with Crippen LogP contribution in [0.4, 0.5) is 0 Å². The van der Waals surface area contributed by atoms with Gasteiger partial charge in [-0.2, -0.15) is 0 Å². The van der Waals surface area contributed by atoms with E-state index < -0.39 is 0 Å². The van der Waals surface area contributed by atoms with Crippen LogP contribution in [0.3, 0.4) is 0 Å². The molecule has 4 heteroatoms. The van der Waals surface area contributed by atoms with Crippen molar-refractivity contribution in [2.24, 2.45) is 0 Å². The summed E-state index contributed by atoms with van der Waals surface area (Å²) in [6, 6.07) is -0.230. The maximum absolute atomic E-state index is 11.8. The highest BCUT2D eigenvalue weighted by Crippen LogP contribution is 2.28. The highest BCUT2D eigenvalue weighted by molar-refractivity contribution is 5.81. The molecule has 1 aliphatic rings. The third kappa shape index (κ3) is 4.28. The first-order valence-electron chi connectivity index (χ1n) is 6.80. The van der Waals surface area contributed by atoms with Crippen molar-refractivity contribution in [2.45, 2.75) is 64.0 Å². The van der Waals surface area contributed by atoms with E-state index in [-0.39, 0.29) is 24.1 Å². The standard InChI is InChI=1S/C13H26N2O2/c1-3-9-14-12(17)11(2)15-13(10-16)7-5-4-6-8-13/h11,15-16H,3-10H2,1-2H3,(H,14,17). The summed E-state index contributed by atoms with van der Waals surface area (Å²) in [5.74, 6) is 0.0326. The number of aliphatic hydroxyl groups excluding tert-OH is 1. The van der Waals surface area contributed by atoms with E-state index in [0.29, 0.717) is 0 Å². The van der Waals surface area contributed by atoms with Crippen LogP contribution in [0.1, 0.15) is 52.4 Å². The minimum atomic E-state index is -0.235. The molecule has 0 radical (unpaired) electrons. The normalized spacial score (nSPS) is 20.9. The van der Waals surface area contributed by atoms with Crippen LogP contribution in [0, 0.1) is 0 Å². The van der Waals surface area contributed by atoms with E-state index in [0.717, 1.165) is 38.6 Å². The lowest BCUT2D eigenvalue weighted by Crippen LogP contribution is -2.57. The summed E-state index contributed by atoms with van der Waals surface area (Å²) >= 11 is 0. The molecule has 1 saturated carbocycles. The minimum absolute atomic E-state index is 0.0326. The Balaban J connectivity index is 2.46. The van der Waals surface area contributed by atoms with Gasteiger partial charge in [0, 0.05) is 12.1 Å². The molecular formula is C13H26N2O2. The molecule has 0 heterocycles. The molecular weight excluding hydrogens is 216 g/mol. The van der Waals surface area contributed by atoms with E-state index in [1.165, 1.54) is 6.42 Å². The summed E-state index contributed by atoms with van der Waals surface area (Å²) in [7, 11) is 0. The van der Waals surface area contributed by atoms with Crippen molar-refractivity contribution < 1.29 is 9.90 Å². The topological polar surface area (TPSA) is 61.4 Å². The molecule has 1 unspecified atom stereocenters. The number of amides is 1. The molecule has 0 aromatic carbocycles. The first-order valence-corrected chi connectivity index (χ1v) is 6.80. The molecule has 0 spiro atoms. The highest BCUT2D eigenvalue weighted by atomic mass is 16.3. The second-order valence-corrected chi connectivity index (χ2v) is 5.16. The van der Waals surface area contributed by atoms with Gasteiger partial charge in [-0.25, -0.2) is 0 Å². The molecule has 1 atom stereocenters. The van der Waals surface area contributed by atoms with Crippen LogP contribution in [0.25, 0.3) is 0 Å². The fraction of sp³-hybridized carbons (Fsp3) is 0.923. The van der Waals surface area contributed by atoms with E-state index in [9.17, 15) is 9.90 Å². The van der Waals surface area contributed by atoms with Crippen LogP contribution in [-0.2, 0) is 4.79 Å². The second-order valence-electron chi connectivity index (χ2n) is 5.16. The predicted octanol–water partition coefficient (Wildman–Crippen LogP) is 1.19. The summed E-state index contributed by atoms with van der Waals surface area (Å²) in [5, 5.41) is 15.8. The van der Waals surface area contributed by atoms with Gasteiger partial charge in [-0.1, -0.05) is 26.2 Å². The van der Waals surface area contributed by atoms with Crippen LogP contribution >= 0.6 is 0 Å². The maximum Gasteiger partial charge on any atom is 0.236 e. The Hall–Kier alpha value is -0.610. The number of aliphatic hydroxyl groups is 1. The van der Waals surface area contributed by atoms with Crippen molar-refractivity contribution in [2.75, 3.05) is 13.2 Å². The molecule has 1 amide bonds. The minimum Gasteiger partial charge on any atom is -0.394 e. The molecule has 17 heavy (non-hydrogen) atoms. The molecule has 0 aromatic heterocycles. The zero-order valence-electron chi connectivity index (χ0n) is 11.1. The molecule has 1 aliphatic carbocycles. The van der Waals surface area contributed by atoms with Gasteiger partial charge in [0.1, 0.15) is 0 Å². The summed E-state index contributed by atoms with van der Waals surface area (Å²) in [6.07, 6.45) is 6.39. The smallest absolute Gasteiger partial charge is 0.236 e. The van der Waals surface area contributed by atoms with Gasteiger partial charge < -0.3 is 10.4 Å². The van der Waals surface area contributed by atoms with Crippen molar-refractivity contribution in [3.05, 3.63) is 0 Å². The third-order valence-electron chi connectivity index (χ3n) is 3.58. The molecule has 4 nitrogen and oxygen atoms in total. The maximum atomic E-state index is 11.8. The SMILES string of the molecule is CCCNC(=O)C(C)NC1(CO)CCCCC1. The molecule has 0 aliphatic heterocycles. The fourth-order valence-electron chi connectivity index (χ4n) is 2.50. The number of rotatable bonds is 6. The van der Waals surface area contributed by atoms with Gasteiger partial charge in [-0.05, 0) is 26.2 Å². The predicted molar refractivity (Wildman–Crippen MR) is 68.8 cm³/mol. The largest absolute Gasteiger partial charge is 0.394 e. The van der Waals surface area contributed by atoms with Crippen LogP contribution in [-0.4, -0.2) is 35.7 Å². The highest BCUT2D eigenvalue weighted by Gasteiger charge is 2.33. The lowest BCUT2D eigenvalue weighted by Gasteiger charge is -2.38. The zero-order valence-corrected chi connectivity index (χ0v) is 11.1. The Morgan fingerprint density at radius 1 is 1.35 bits per heavy atom. The molecule has 1 rings (SSSR count). The molecule has 1 fully saturated rings. The van der Waals surface area contributed by atoms with Crippen molar-refractivity contribution in [3.63, 3.8) is 0 Å². The average Bonchev–Trinajstić information content (AvgIpc) is 2.36. The Labute approximate surface area is 104 Å². The van der Waals surface area contributed by atoms with Gasteiger partial charge in [0.05, 0.1) is 12.6 Å². The number of carbonyl (C=O) groups excluding carboxylic acids is 1. The Morgan fingerprint density at radius 2 is 2.00 bits per heavy atom. The van der Waals surface area contributed by atoms with Gasteiger partial charge in [0.25, 0.3) is 0 Å². The van der Waals surface area contributed by atoms with E-state index in [2.05, 4.69) is 10.6 Å². The van der Waals surface area contributed by atoms with Crippen LogP contribution in [0.15, 0.2) is 0 Å². The van der Waals surface area contributed by atoms with Crippen molar-refractivity contribution in [1.29, 1.82) is 0 Å². The van der Waals surface area contributed by atoms with Gasteiger partial charge in [0.2, 0.25) is 5.91 Å². The Morgan fingerprint density at radius 3 is 2.53 bits per heavy atom. The summed E-state index contributed by atoms with van der Waals surface area (Å²) in [6.45, 7) is 4.75. The van der Waals surface area contributed by atoms with Crippen LogP contribution in [0.5, 0.6) is 0 Å². The first kappa shape index (κ1) is 14.5. The van der Waals surface area contributed by atoms with E-state index >= 15 is 0 Å². The molecule has 3 N–H and O–H groups in total. The zero-order chi connectivity index (χ0) is 12.7. The first-order chi connectivity index (χ1) is 8.13. The van der Waals surface area contributed by atoms with Gasteiger partial charge in [-0.3, -0.25) is 10.1 Å². The quantitative estimate of drug-likeness (QED) is 0.655. The summed E-state index contributed by atoms with van der Waals surface area (Å²) in [5.41, 5.74) is -0.235. The van der Waals surface area contributed by atoms with E-state index in [1.54, 1.807) is 0 Å². The lowest BCUT2D eigenvalue weighted by atomic mass is 9.82. The lowest BCUT2D eigenvalue weighted by molar-refractivity contribution is -0.123. The van der Waals surface area contributed by atoms with Gasteiger partial charge in [-0.15, -0.1) is 0 Å². The van der Waals surface area contributed by atoms with Crippen LogP contribution in [0.2, 0.25) is 0 Å². The molecule has 0 aromatic rings. The number of hydrogen-bond donors (Lipinski definition) is 3. The monoisotopic (exact) mass is 242 g/mol. The molecule has 0 saturated heterocycles. The molecule has 100 valence electrons. The number of carbonyl (C=O) groups is 1. The van der Waals surface area contributed by atoms with Crippen LogP contribution < -0.4 is 10.6 Å². The third-order valence-corrected chi connectivity index (χ3v) is 3.58. The van der Waals surface area contributed by atoms with Gasteiger partial charge in [0.15, 0.2) is 0 Å². The number of nitrogens with one attached hydrogen (secondary N) is 2. The Kier molecular flexibility index (Phi) is 5.92. The fourth-order valence-corrected chi connectivity index (χ4v) is 2.50. The average molecular weight is 242 g/mol. The summed E-state index contributed by atoms with van der Waals surface area (Å²) < 4.78 is 0. The van der Waals surface area contributed by atoms with Crippen molar-refractivity contribution >= 4 is 5.91 Å². The van der Waals surface area contributed by atoms with Gasteiger partial charge >= 0.3 is 0 Å². The second kappa shape index (κ2) is 6.97. The van der Waals surface area contributed by atoms with Crippen molar-refractivity contribution in [3.8, 4) is 0 Å². The Bertz CT molecular complexity index is 238. The number of hydrogen-bond acceptors (Lipinski definition) is 3. The van der Waals surface area contributed by atoms with Crippen molar-refractivity contribution in [1.82, 2.24) is 10.6 Å². The molecule has 0 bridgehead atoms. The summed E-state index contributed by atoms with van der Waals surface area (Å²) in [4.78, 5) is 11.8. The van der Waals surface area contributed by atoms with E-state index in [4.69, 9.17) is 0 Å².